The van der Waals surface area contributed by atoms with E-state index in [9.17, 15) is 14.4 Å². The van der Waals surface area contributed by atoms with Crippen molar-refractivity contribution in [3.05, 3.63) is 53.9 Å². The van der Waals surface area contributed by atoms with Crippen molar-refractivity contribution >= 4 is 23.4 Å². The summed E-state index contributed by atoms with van der Waals surface area (Å²) in [5.74, 6) is -0.0630. The van der Waals surface area contributed by atoms with Crippen LogP contribution in [-0.4, -0.2) is 72.3 Å². The molecule has 2 aliphatic heterocycles. The van der Waals surface area contributed by atoms with Crippen LogP contribution in [0.25, 0.3) is 0 Å². The third kappa shape index (κ3) is 3.53. The maximum atomic E-state index is 12.6. The first kappa shape index (κ1) is 18.9. The van der Waals surface area contributed by atoms with E-state index >= 15 is 0 Å². The van der Waals surface area contributed by atoms with Crippen molar-refractivity contribution in [3.63, 3.8) is 0 Å². The van der Waals surface area contributed by atoms with Gasteiger partial charge in [0, 0.05) is 45.3 Å². The average Bonchev–Trinajstić information content (AvgIpc) is 3.02. The molecule has 1 saturated heterocycles. The highest BCUT2D eigenvalue weighted by Crippen LogP contribution is 2.28. The van der Waals surface area contributed by atoms with Gasteiger partial charge in [0.2, 0.25) is 5.91 Å². The van der Waals surface area contributed by atoms with Crippen molar-refractivity contribution < 1.29 is 19.1 Å². The van der Waals surface area contributed by atoms with Crippen LogP contribution < -0.4 is 9.64 Å². The number of ether oxygens (including phenoxy) is 1. The highest BCUT2D eigenvalue weighted by Gasteiger charge is 2.36. The molecule has 8 nitrogen and oxygen atoms in total. The molecule has 2 aromatic rings. The Kier molecular flexibility index (Phi) is 5.16. The van der Waals surface area contributed by atoms with Gasteiger partial charge in [0.25, 0.3) is 11.8 Å². The van der Waals surface area contributed by atoms with Gasteiger partial charge in [-0.05, 0) is 24.3 Å². The number of benzene rings is 1. The topological polar surface area (TPSA) is 83.1 Å². The van der Waals surface area contributed by atoms with E-state index < -0.39 is 5.91 Å². The number of para-hydroxylation sites is 2. The second-order valence-electron chi connectivity index (χ2n) is 6.95. The first-order chi connectivity index (χ1) is 14.1. The molecule has 1 aromatic carbocycles. The predicted molar refractivity (Wildman–Crippen MR) is 106 cm³/mol. The lowest BCUT2D eigenvalue weighted by molar-refractivity contribution is -0.131. The van der Waals surface area contributed by atoms with Gasteiger partial charge >= 0.3 is 0 Å². The quantitative estimate of drug-likeness (QED) is 0.714. The summed E-state index contributed by atoms with van der Waals surface area (Å²) >= 11 is 0. The SMILES string of the molecule is COc1ccccc1N1CCN(C(=O)CCN2C(=O)c3cccnc3C2=O)CC1. The average molecular weight is 394 g/mol. The van der Waals surface area contributed by atoms with Crippen molar-refractivity contribution in [3.8, 4) is 5.75 Å². The van der Waals surface area contributed by atoms with Crippen LogP contribution in [0, 0.1) is 0 Å². The van der Waals surface area contributed by atoms with E-state index in [-0.39, 0.29) is 30.5 Å². The van der Waals surface area contributed by atoms with E-state index in [2.05, 4.69) is 9.88 Å². The van der Waals surface area contributed by atoms with E-state index in [1.165, 1.54) is 6.20 Å². The van der Waals surface area contributed by atoms with Gasteiger partial charge in [-0.3, -0.25) is 24.3 Å². The van der Waals surface area contributed by atoms with Crippen molar-refractivity contribution in [2.75, 3.05) is 44.7 Å². The number of hydrogen-bond donors (Lipinski definition) is 0. The fourth-order valence-corrected chi connectivity index (χ4v) is 3.77. The van der Waals surface area contributed by atoms with E-state index in [0.717, 1.165) is 16.3 Å². The summed E-state index contributed by atoms with van der Waals surface area (Å²) < 4.78 is 5.42. The number of hydrogen-bond acceptors (Lipinski definition) is 6. The molecule has 0 radical (unpaired) electrons. The molecule has 0 atom stereocenters. The zero-order chi connectivity index (χ0) is 20.4. The van der Waals surface area contributed by atoms with Crippen LogP contribution in [0.4, 0.5) is 5.69 Å². The number of fused-ring (bicyclic) bond motifs is 1. The molecular weight excluding hydrogens is 372 g/mol. The molecule has 0 unspecified atom stereocenters. The molecule has 29 heavy (non-hydrogen) atoms. The van der Waals surface area contributed by atoms with Crippen LogP contribution in [-0.2, 0) is 4.79 Å². The number of methoxy groups -OCH3 is 1. The van der Waals surface area contributed by atoms with Gasteiger partial charge in [-0.25, -0.2) is 0 Å². The fourth-order valence-electron chi connectivity index (χ4n) is 3.77. The number of piperazine rings is 1. The summed E-state index contributed by atoms with van der Waals surface area (Å²) in [5.41, 5.74) is 1.48. The Morgan fingerprint density at radius 2 is 1.79 bits per heavy atom. The lowest BCUT2D eigenvalue weighted by atomic mass is 10.2. The highest BCUT2D eigenvalue weighted by molar-refractivity contribution is 6.20. The third-order valence-corrected chi connectivity index (χ3v) is 5.34. The summed E-state index contributed by atoms with van der Waals surface area (Å²) in [6.45, 7) is 2.63. The standard InChI is InChI=1S/C21H22N4O4/c1-29-17-7-3-2-6-16(17)23-11-13-24(14-12-23)18(26)8-10-25-20(27)15-5-4-9-22-19(15)21(25)28/h2-7,9H,8,10-14H2,1H3. The van der Waals surface area contributed by atoms with Crippen molar-refractivity contribution in [2.45, 2.75) is 6.42 Å². The third-order valence-electron chi connectivity index (χ3n) is 5.34. The molecule has 0 N–H and O–H groups in total. The first-order valence-electron chi connectivity index (χ1n) is 9.57. The number of carbonyl (C=O) groups excluding carboxylic acids is 3. The second kappa shape index (κ2) is 7.90. The van der Waals surface area contributed by atoms with Crippen LogP contribution >= 0.6 is 0 Å². The number of carbonyl (C=O) groups is 3. The molecule has 2 aliphatic rings. The molecule has 0 spiro atoms. The number of anilines is 1. The molecule has 1 aromatic heterocycles. The zero-order valence-electron chi connectivity index (χ0n) is 16.2. The van der Waals surface area contributed by atoms with E-state index in [0.29, 0.717) is 31.7 Å². The molecule has 8 heteroatoms. The van der Waals surface area contributed by atoms with Crippen LogP contribution in [0.5, 0.6) is 5.75 Å². The van der Waals surface area contributed by atoms with Crippen LogP contribution in [0.2, 0.25) is 0 Å². The molecule has 150 valence electrons. The smallest absolute Gasteiger partial charge is 0.280 e. The Labute approximate surface area is 168 Å². The minimum Gasteiger partial charge on any atom is -0.495 e. The minimum absolute atomic E-state index is 0.0609. The summed E-state index contributed by atoms with van der Waals surface area (Å²) in [6, 6.07) is 11.0. The second-order valence-corrected chi connectivity index (χ2v) is 6.95. The zero-order valence-corrected chi connectivity index (χ0v) is 16.2. The monoisotopic (exact) mass is 394 g/mol. The van der Waals surface area contributed by atoms with Gasteiger partial charge in [0.15, 0.2) is 0 Å². The summed E-state index contributed by atoms with van der Waals surface area (Å²) in [5, 5.41) is 0. The maximum Gasteiger partial charge on any atom is 0.280 e. The largest absolute Gasteiger partial charge is 0.495 e. The maximum absolute atomic E-state index is 12.6. The summed E-state index contributed by atoms with van der Waals surface area (Å²) in [6.07, 6.45) is 1.60. The number of nitrogens with zero attached hydrogens (tertiary/aromatic N) is 4. The van der Waals surface area contributed by atoms with E-state index in [1.54, 1.807) is 24.1 Å². The Bertz CT molecular complexity index is 918. The number of imide groups is 1. The van der Waals surface area contributed by atoms with Gasteiger partial charge in [-0.15, -0.1) is 0 Å². The van der Waals surface area contributed by atoms with Crippen LogP contribution in [0.1, 0.15) is 27.3 Å². The Hall–Kier alpha value is -3.42. The molecule has 0 aliphatic carbocycles. The van der Waals surface area contributed by atoms with Gasteiger partial charge in [0.1, 0.15) is 11.4 Å². The highest BCUT2D eigenvalue weighted by atomic mass is 16.5. The molecule has 1 fully saturated rings. The Morgan fingerprint density at radius 3 is 2.52 bits per heavy atom. The fraction of sp³-hybridized carbons (Fsp3) is 0.333. The Balaban J connectivity index is 1.32. The van der Waals surface area contributed by atoms with Gasteiger partial charge in [-0.2, -0.15) is 0 Å². The number of amides is 3. The molecule has 0 saturated carbocycles. The molecule has 0 bridgehead atoms. The first-order valence-corrected chi connectivity index (χ1v) is 9.57. The lowest BCUT2D eigenvalue weighted by Gasteiger charge is -2.36. The van der Waals surface area contributed by atoms with E-state index in [4.69, 9.17) is 4.74 Å². The summed E-state index contributed by atoms with van der Waals surface area (Å²) in [7, 11) is 1.65. The van der Waals surface area contributed by atoms with Gasteiger partial charge in [-0.1, -0.05) is 12.1 Å². The van der Waals surface area contributed by atoms with Crippen LogP contribution in [0.3, 0.4) is 0 Å². The normalized spacial score (nSPS) is 16.2. The van der Waals surface area contributed by atoms with Gasteiger partial charge < -0.3 is 14.5 Å². The lowest BCUT2D eigenvalue weighted by Crippen LogP contribution is -2.49. The number of pyridine rings is 1. The molecular formula is C21H22N4O4. The van der Waals surface area contributed by atoms with Gasteiger partial charge in [0.05, 0.1) is 18.4 Å². The predicted octanol–water partition coefficient (Wildman–Crippen LogP) is 1.43. The number of aromatic nitrogens is 1. The molecule has 3 heterocycles. The molecule has 3 amide bonds. The number of rotatable bonds is 5. The molecule has 4 rings (SSSR count). The van der Waals surface area contributed by atoms with Crippen molar-refractivity contribution in [2.24, 2.45) is 0 Å². The Morgan fingerprint density at radius 1 is 1.03 bits per heavy atom. The van der Waals surface area contributed by atoms with Crippen molar-refractivity contribution in [1.29, 1.82) is 0 Å². The van der Waals surface area contributed by atoms with Crippen LogP contribution in [0.15, 0.2) is 42.6 Å². The van der Waals surface area contributed by atoms with Crippen molar-refractivity contribution in [1.82, 2.24) is 14.8 Å². The van der Waals surface area contributed by atoms with E-state index in [1.807, 2.05) is 24.3 Å². The minimum atomic E-state index is -0.431. The summed E-state index contributed by atoms with van der Waals surface area (Å²) in [4.78, 5) is 46.4.